The Bertz CT molecular complexity index is 3480. The molecule has 1 aliphatic heterocycles. The smallest absolute Gasteiger partial charge is 0.0234 e. The molecule has 1 saturated heterocycles. The fraction of sp³-hybridized carbons (Fsp3) is 0.176. The minimum absolute atomic E-state index is 0.924. The third kappa shape index (κ3) is 8.97. The van der Waals surface area contributed by atoms with Crippen LogP contribution in [0.4, 0.5) is 0 Å². The van der Waals surface area contributed by atoms with E-state index in [-0.39, 0.29) is 0 Å². The highest BCUT2D eigenvalue weighted by Gasteiger charge is 2.20. The van der Waals surface area contributed by atoms with E-state index in [1.807, 2.05) is 0 Å². The predicted octanol–water partition coefficient (Wildman–Crippen LogP) is 15.1. The molecule has 0 unspecified atom stereocenters. The average Bonchev–Trinajstić information content (AvgIpc) is 3.43. The molecule has 0 spiro atoms. The summed E-state index contributed by atoms with van der Waals surface area (Å²) in [4.78, 5) is 10.8. The number of rotatable bonds is 10. The van der Waals surface area contributed by atoms with Crippen LogP contribution in [-0.2, 0) is 26.2 Å². The van der Waals surface area contributed by atoms with Gasteiger partial charge in [-0.1, -0.05) is 218 Å². The normalized spacial score (nSPS) is 15.3. The van der Waals surface area contributed by atoms with Crippen LogP contribution < -0.4 is 0 Å². The SMILES string of the molecule is c1ccc(CN2CCN(Cc3ccc(-c4ccc5ccc6cccc7ccc4c5c67)cc3)CCN(Cc3ccccc3)CCN(Cc3ccc(-c4ccc5ccc6cccc7ccc4c5c67)cc3)CC2)cc1. The van der Waals surface area contributed by atoms with Crippen molar-refractivity contribution in [2.45, 2.75) is 26.2 Å². The van der Waals surface area contributed by atoms with Crippen molar-refractivity contribution in [3.63, 3.8) is 0 Å². The average molecular weight is 933 g/mol. The zero-order valence-corrected chi connectivity index (χ0v) is 41.1. The van der Waals surface area contributed by atoms with Gasteiger partial charge in [0, 0.05) is 78.5 Å². The van der Waals surface area contributed by atoms with Crippen LogP contribution in [0.5, 0.6) is 0 Å². The topological polar surface area (TPSA) is 13.0 Å². The van der Waals surface area contributed by atoms with Gasteiger partial charge < -0.3 is 0 Å². The van der Waals surface area contributed by atoms with Crippen LogP contribution in [0.25, 0.3) is 86.9 Å². The number of hydrogen-bond acceptors (Lipinski definition) is 4. The van der Waals surface area contributed by atoms with Crippen LogP contribution in [0.1, 0.15) is 22.3 Å². The fourth-order valence-electron chi connectivity index (χ4n) is 12.0. The van der Waals surface area contributed by atoms with E-state index in [2.05, 4.69) is 238 Å². The molecular weight excluding hydrogens is 873 g/mol. The van der Waals surface area contributed by atoms with E-state index in [0.29, 0.717) is 0 Å². The highest BCUT2D eigenvalue weighted by atomic mass is 15.3. The third-order valence-electron chi connectivity index (χ3n) is 15.8. The summed E-state index contributed by atoms with van der Waals surface area (Å²) in [5.74, 6) is 0. The Kier molecular flexibility index (Phi) is 12.1. The zero-order chi connectivity index (χ0) is 47.8. The molecule has 1 aliphatic rings. The molecule has 1 fully saturated rings. The molecular formula is C68H60N4. The van der Waals surface area contributed by atoms with E-state index in [0.717, 1.165) is 78.5 Å². The first-order chi connectivity index (χ1) is 35.6. The molecule has 352 valence electrons. The van der Waals surface area contributed by atoms with Gasteiger partial charge in [-0.3, -0.25) is 19.6 Å². The van der Waals surface area contributed by atoms with E-state index < -0.39 is 0 Å². The van der Waals surface area contributed by atoms with Gasteiger partial charge in [0.25, 0.3) is 0 Å². The maximum absolute atomic E-state index is 2.71. The monoisotopic (exact) mass is 932 g/mol. The van der Waals surface area contributed by atoms with Crippen molar-refractivity contribution in [1.29, 1.82) is 0 Å². The summed E-state index contributed by atoms with van der Waals surface area (Å²) in [5.41, 5.74) is 10.6. The molecule has 13 rings (SSSR count). The van der Waals surface area contributed by atoms with E-state index in [1.54, 1.807) is 0 Å². The van der Waals surface area contributed by atoms with Gasteiger partial charge in [0.15, 0.2) is 0 Å². The van der Waals surface area contributed by atoms with E-state index in [1.165, 1.54) is 109 Å². The summed E-state index contributed by atoms with van der Waals surface area (Å²) < 4.78 is 0. The fourth-order valence-corrected chi connectivity index (χ4v) is 12.0. The number of hydrogen-bond donors (Lipinski definition) is 0. The van der Waals surface area contributed by atoms with Crippen molar-refractivity contribution >= 4 is 64.6 Å². The van der Waals surface area contributed by atoms with Crippen LogP contribution in [0.3, 0.4) is 0 Å². The lowest BCUT2D eigenvalue weighted by atomic mass is 9.90. The molecule has 0 aromatic heterocycles. The molecule has 0 aliphatic carbocycles. The first-order valence-electron chi connectivity index (χ1n) is 26.1. The first-order valence-corrected chi connectivity index (χ1v) is 26.1. The van der Waals surface area contributed by atoms with Crippen molar-refractivity contribution in [3.8, 4) is 22.3 Å². The van der Waals surface area contributed by atoms with E-state index >= 15 is 0 Å². The van der Waals surface area contributed by atoms with Gasteiger partial charge in [0.05, 0.1) is 0 Å². The molecule has 0 bridgehead atoms. The Balaban J connectivity index is 0.754. The molecule has 4 nitrogen and oxygen atoms in total. The lowest BCUT2D eigenvalue weighted by Gasteiger charge is -2.34. The molecule has 1 heterocycles. The lowest BCUT2D eigenvalue weighted by molar-refractivity contribution is 0.122. The highest BCUT2D eigenvalue weighted by molar-refractivity contribution is 6.26. The predicted molar refractivity (Wildman–Crippen MR) is 305 cm³/mol. The van der Waals surface area contributed by atoms with Gasteiger partial charge >= 0.3 is 0 Å². The number of nitrogens with zero attached hydrogens (tertiary/aromatic N) is 4. The Morgan fingerprint density at radius 3 is 0.833 bits per heavy atom. The summed E-state index contributed by atoms with van der Waals surface area (Å²) in [6.45, 7) is 11.8. The summed E-state index contributed by atoms with van der Waals surface area (Å²) in [7, 11) is 0. The van der Waals surface area contributed by atoms with Crippen LogP contribution in [0.15, 0.2) is 218 Å². The standard InChI is InChI=1S/C68H60N4/c1-3-9-49(10-4-1)45-69-37-41-71(47-51-17-21-53(22-18-51)61-33-29-59-27-25-55-13-7-15-57-31-35-63(61)67(59)65(55)57)43-39-70(46-50-11-5-2-6-12-50)40-44-72(42-38-69)48-52-19-23-54(24-20-52)62-34-30-60-28-26-56-14-8-16-58-32-36-64(62)68(60)66(56)58/h1-36H,37-48H2. The summed E-state index contributed by atoms with van der Waals surface area (Å²) in [6.07, 6.45) is 0. The van der Waals surface area contributed by atoms with Gasteiger partial charge in [-0.15, -0.1) is 0 Å². The summed E-state index contributed by atoms with van der Waals surface area (Å²) in [5, 5.41) is 16.0. The summed E-state index contributed by atoms with van der Waals surface area (Å²) in [6, 6.07) is 82.0. The van der Waals surface area contributed by atoms with Gasteiger partial charge in [0.1, 0.15) is 0 Å². The molecule has 12 aromatic carbocycles. The maximum Gasteiger partial charge on any atom is 0.0234 e. The summed E-state index contributed by atoms with van der Waals surface area (Å²) >= 11 is 0. The lowest BCUT2D eigenvalue weighted by Crippen LogP contribution is -2.45. The van der Waals surface area contributed by atoms with E-state index in [9.17, 15) is 0 Å². The van der Waals surface area contributed by atoms with Gasteiger partial charge in [-0.2, -0.15) is 0 Å². The minimum Gasteiger partial charge on any atom is -0.297 e. The molecule has 72 heavy (non-hydrogen) atoms. The van der Waals surface area contributed by atoms with Gasteiger partial charge in [0.2, 0.25) is 0 Å². The second-order valence-electron chi connectivity index (χ2n) is 20.4. The molecule has 0 atom stereocenters. The van der Waals surface area contributed by atoms with Crippen molar-refractivity contribution in [2.75, 3.05) is 52.4 Å². The van der Waals surface area contributed by atoms with Crippen molar-refractivity contribution < 1.29 is 0 Å². The molecule has 0 saturated carbocycles. The zero-order valence-electron chi connectivity index (χ0n) is 41.1. The molecule has 4 heteroatoms. The third-order valence-corrected chi connectivity index (χ3v) is 15.8. The Hall–Kier alpha value is -7.44. The maximum atomic E-state index is 2.71. The van der Waals surface area contributed by atoms with Crippen molar-refractivity contribution in [3.05, 3.63) is 241 Å². The second kappa shape index (κ2) is 19.6. The highest BCUT2D eigenvalue weighted by Crippen LogP contribution is 2.41. The molecule has 0 radical (unpaired) electrons. The van der Waals surface area contributed by atoms with Crippen LogP contribution in [-0.4, -0.2) is 72.0 Å². The quantitative estimate of drug-likeness (QED) is 0.127. The van der Waals surface area contributed by atoms with Crippen LogP contribution in [0, 0.1) is 0 Å². The van der Waals surface area contributed by atoms with Crippen LogP contribution in [0.2, 0.25) is 0 Å². The minimum atomic E-state index is 0.924. The largest absolute Gasteiger partial charge is 0.297 e. The first kappa shape index (κ1) is 44.5. The van der Waals surface area contributed by atoms with Crippen molar-refractivity contribution in [1.82, 2.24) is 19.6 Å². The molecule has 0 N–H and O–H groups in total. The number of benzene rings is 12. The van der Waals surface area contributed by atoms with Crippen molar-refractivity contribution in [2.24, 2.45) is 0 Å². The Morgan fingerprint density at radius 1 is 0.222 bits per heavy atom. The second-order valence-corrected chi connectivity index (χ2v) is 20.4. The molecule has 0 amide bonds. The molecule has 12 aromatic rings. The Labute approximate surface area is 423 Å². The van der Waals surface area contributed by atoms with E-state index in [4.69, 9.17) is 0 Å². The van der Waals surface area contributed by atoms with Gasteiger partial charge in [-0.05, 0) is 109 Å². The Morgan fingerprint density at radius 2 is 0.500 bits per heavy atom. The van der Waals surface area contributed by atoms with Crippen LogP contribution >= 0.6 is 0 Å². The van der Waals surface area contributed by atoms with Gasteiger partial charge in [-0.25, -0.2) is 0 Å².